The highest BCUT2D eigenvalue weighted by atomic mass is 16.5. The van der Waals surface area contributed by atoms with Gasteiger partial charge < -0.3 is 29.7 Å². The van der Waals surface area contributed by atoms with Gasteiger partial charge in [-0.1, -0.05) is 24.3 Å². The lowest BCUT2D eigenvalue weighted by molar-refractivity contribution is 0.0461. The van der Waals surface area contributed by atoms with E-state index in [1.165, 1.54) is 18.7 Å². The van der Waals surface area contributed by atoms with E-state index in [4.69, 9.17) is 14.2 Å². The Kier molecular flexibility index (Phi) is 11.3. The number of urea groups is 1. The van der Waals surface area contributed by atoms with Crippen molar-refractivity contribution in [1.29, 1.82) is 0 Å². The van der Waals surface area contributed by atoms with Crippen LogP contribution in [0.25, 0.3) is 0 Å². The first-order valence-corrected chi connectivity index (χ1v) is 14.8. The SMILES string of the molecule is COC(=O)c1cc(C(=O)OCC2C=CC=C(NC(=O)NCCCN3CCC(c4cccc(OC)c4)CC3)C2)c(C)nc1C. The van der Waals surface area contributed by atoms with E-state index in [0.717, 1.165) is 50.3 Å². The average Bonchev–Trinajstić information content (AvgIpc) is 3.02. The topological polar surface area (TPSA) is 119 Å². The minimum absolute atomic E-state index is 0.0945. The molecule has 10 heteroatoms. The number of nitrogens with zero attached hydrogens (tertiary/aromatic N) is 2. The second kappa shape index (κ2) is 15.3. The summed E-state index contributed by atoms with van der Waals surface area (Å²) in [6, 6.07) is 9.58. The highest BCUT2D eigenvalue weighted by Gasteiger charge is 2.22. The van der Waals surface area contributed by atoms with E-state index in [9.17, 15) is 14.4 Å². The lowest BCUT2D eigenvalue weighted by atomic mass is 9.89. The Morgan fingerprint density at radius 2 is 1.77 bits per heavy atom. The third-order valence-corrected chi connectivity index (χ3v) is 7.98. The first kappa shape index (κ1) is 31.7. The quantitative estimate of drug-likeness (QED) is 0.286. The average molecular weight is 591 g/mol. The molecule has 1 saturated heterocycles. The maximum Gasteiger partial charge on any atom is 0.340 e. The lowest BCUT2D eigenvalue weighted by Gasteiger charge is -2.32. The molecule has 1 aliphatic heterocycles. The summed E-state index contributed by atoms with van der Waals surface area (Å²) in [4.78, 5) is 44.0. The zero-order valence-electron chi connectivity index (χ0n) is 25.5. The van der Waals surface area contributed by atoms with Crippen LogP contribution in [0.15, 0.2) is 54.3 Å². The first-order chi connectivity index (χ1) is 20.8. The van der Waals surface area contributed by atoms with Gasteiger partial charge in [0.25, 0.3) is 0 Å². The number of benzene rings is 1. The lowest BCUT2D eigenvalue weighted by Crippen LogP contribution is -2.38. The van der Waals surface area contributed by atoms with Crippen molar-refractivity contribution in [2.45, 2.75) is 45.4 Å². The molecule has 2 aliphatic rings. The number of nitrogens with one attached hydrogen (secondary N) is 2. The van der Waals surface area contributed by atoms with E-state index in [-0.39, 0.29) is 29.7 Å². The van der Waals surface area contributed by atoms with Crippen molar-refractivity contribution < 1.29 is 28.6 Å². The Morgan fingerprint density at radius 3 is 2.49 bits per heavy atom. The zero-order chi connectivity index (χ0) is 30.8. The zero-order valence-corrected chi connectivity index (χ0v) is 25.5. The predicted octanol–water partition coefficient (Wildman–Crippen LogP) is 4.68. The highest BCUT2D eigenvalue weighted by molar-refractivity contribution is 5.96. The first-order valence-electron chi connectivity index (χ1n) is 14.8. The van der Waals surface area contributed by atoms with Gasteiger partial charge in [-0.3, -0.25) is 4.98 Å². The van der Waals surface area contributed by atoms with Crippen LogP contribution in [-0.2, 0) is 9.47 Å². The number of pyridine rings is 1. The number of carbonyl (C=O) groups is 3. The molecule has 2 aromatic rings. The maximum absolute atomic E-state index is 12.8. The number of aryl methyl sites for hydroxylation is 2. The highest BCUT2D eigenvalue weighted by Crippen LogP contribution is 2.30. The van der Waals surface area contributed by atoms with Crippen LogP contribution in [0.4, 0.5) is 4.79 Å². The van der Waals surface area contributed by atoms with Crippen molar-refractivity contribution >= 4 is 18.0 Å². The van der Waals surface area contributed by atoms with E-state index in [1.54, 1.807) is 21.0 Å². The predicted molar refractivity (Wildman–Crippen MR) is 163 cm³/mol. The van der Waals surface area contributed by atoms with E-state index in [1.807, 2.05) is 24.3 Å². The van der Waals surface area contributed by atoms with Crippen LogP contribution >= 0.6 is 0 Å². The molecule has 1 aromatic heterocycles. The van der Waals surface area contributed by atoms with Crippen LogP contribution in [0, 0.1) is 19.8 Å². The molecule has 1 atom stereocenters. The summed E-state index contributed by atoms with van der Waals surface area (Å²) in [6.07, 6.45) is 9.28. The van der Waals surface area contributed by atoms with Crippen molar-refractivity contribution in [1.82, 2.24) is 20.5 Å². The van der Waals surface area contributed by atoms with Crippen molar-refractivity contribution in [3.05, 3.63) is 82.3 Å². The van der Waals surface area contributed by atoms with E-state index >= 15 is 0 Å². The third kappa shape index (κ3) is 8.90. The van der Waals surface area contributed by atoms with E-state index in [0.29, 0.717) is 30.3 Å². The molecule has 230 valence electrons. The minimum Gasteiger partial charge on any atom is -0.497 e. The maximum atomic E-state index is 12.8. The Labute approximate surface area is 253 Å². The van der Waals surface area contributed by atoms with Gasteiger partial charge in [-0.15, -0.1) is 0 Å². The van der Waals surface area contributed by atoms with Gasteiger partial charge in [-0.25, -0.2) is 14.4 Å². The molecule has 2 amide bonds. The molecule has 1 fully saturated rings. The third-order valence-electron chi connectivity index (χ3n) is 7.98. The summed E-state index contributed by atoms with van der Waals surface area (Å²) in [5.41, 5.74) is 3.51. The monoisotopic (exact) mass is 590 g/mol. The molecule has 1 aromatic carbocycles. The standard InChI is InChI=1S/C33H42N4O6/c1-22-29(31(38)42-4)20-30(23(2)35-22)32(39)43-21-24-8-5-10-27(18-24)36-33(40)34-14-7-15-37-16-12-25(13-17-37)26-9-6-11-28(19-26)41-3/h5-6,8-11,19-20,24-25H,7,12-18,21H2,1-4H3,(H2,34,36,40). The number of methoxy groups -OCH3 is 2. The van der Waals surface area contributed by atoms with Gasteiger partial charge in [0.1, 0.15) is 5.75 Å². The molecule has 0 spiro atoms. The van der Waals surface area contributed by atoms with E-state index < -0.39 is 11.9 Å². The number of ether oxygens (including phenoxy) is 3. The van der Waals surface area contributed by atoms with Crippen LogP contribution in [-0.4, -0.2) is 74.9 Å². The summed E-state index contributed by atoms with van der Waals surface area (Å²) < 4.78 is 15.7. The molecule has 1 aliphatic carbocycles. The summed E-state index contributed by atoms with van der Waals surface area (Å²) in [5.74, 6) is 0.255. The van der Waals surface area contributed by atoms with Gasteiger partial charge in [0.05, 0.1) is 43.3 Å². The van der Waals surface area contributed by atoms with Gasteiger partial charge in [-0.05, 0) is 94.9 Å². The summed E-state index contributed by atoms with van der Waals surface area (Å²) in [6.45, 7) is 7.14. The molecule has 1 unspecified atom stereocenters. The molecule has 0 saturated carbocycles. The molecule has 10 nitrogen and oxygen atoms in total. The summed E-state index contributed by atoms with van der Waals surface area (Å²) >= 11 is 0. The van der Waals surface area contributed by atoms with Crippen molar-refractivity contribution in [3.63, 3.8) is 0 Å². The molecule has 2 heterocycles. The smallest absolute Gasteiger partial charge is 0.340 e. The number of hydrogen-bond acceptors (Lipinski definition) is 8. The number of aromatic nitrogens is 1. The number of esters is 2. The molecule has 2 N–H and O–H groups in total. The number of amides is 2. The molecular weight excluding hydrogens is 548 g/mol. The minimum atomic E-state index is -0.560. The number of allylic oxidation sites excluding steroid dienone is 3. The Bertz CT molecular complexity index is 1360. The molecule has 0 radical (unpaired) electrons. The van der Waals surface area contributed by atoms with Crippen LogP contribution < -0.4 is 15.4 Å². The van der Waals surface area contributed by atoms with Gasteiger partial charge in [0.2, 0.25) is 0 Å². The number of piperidine rings is 1. The van der Waals surface area contributed by atoms with Crippen LogP contribution in [0.2, 0.25) is 0 Å². The summed E-state index contributed by atoms with van der Waals surface area (Å²) in [7, 11) is 2.98. The van der Waals surface area contributed by atoms with Crippen molar-refractivity contribution in [2.24, 2.45) is 5.92 Å². The fourth-order valence-corrected chi connectivity index (χ4v) is 5.54. The Morgan fingerprint density at radius 1 is 1.02 bits per heavy atom. The van der Waals surface area contributed by atoms with Gasteiger partial charge in [0.15, 0.2) is 0 Å². The van der Waals surface area contributed by atoms with Gasteiger partial charge in [0, 0.05) is 18.2 Å². The van der Waals surface area contributed by atoms with E-state index in [2.05, 4.69) is 38.7 Å². The second-order valence-electron chi connectivity index (χ2n) is 11.0. The number of carbonyl (C=O) groups excluding carboxylic acids is 3. The largest absolute Gasteiger partial charge is 0.497 e. The van der Waals surface area contributed by atoms with Crippen molar-refractivity contribution in [2.75, 3.05) is 47.0 Å². The Balaban J connectivity index is 1.13. The van der Waals surface area contributed by atoms with Gasteiger partial charge >= 0.3 is 18.0 Å². The second-order valence-corrected chi connectivity index (χ2v) is 11.0. The number of rotatable bonds is 11. The molecule has 0 bridgehead atoms. The number of hydrogen-bond donors (Lipinski definition) is 2. The van der Waals surface area contributed by atoms with Crippen LogP contribution in [0.3, 0.4) is 0 Å². The summed E-state index contributed by atoms with van der Waals surface area (Å²) in [5, 5.41) is 5.86. The van der Waals surface area contributed by atoms with Crippen LogP contribution in [0.5, 0.6) is 5.75 Å². The van der Waals surface area contributed by atoms with Crippen molar-refractivity contribution in [3.8, 4) is 5.75 Å². The molecular formula is C33H42N4O6. The molecule has 4 rings (SSSR count). The van der Waals surface area contributed by atoms with Gasteiger partial charge in [-0.2, -0.15) is 0 Å². The van der Waals surface area contributed by atoms with Crippen LogP contribution in [0.1, 0.15) is 69.3 Å². The fraction of sp³-hybridized carbons (Fsp3) is 0.455. The molecule has 43 heavy (non-hydrogen) atoms. The normalized spacial score (nSPS) is 17.1. The fourth-order valence-electron chi connectivity index (χ4n) is 5.54. The number of likely N-dealkylation sites (tertiary alicyclic amines) is 1. The Hall–Kier alpha value is -4.18.